The maximum Gasteiger partial charge on any atom is 0.251 e. The Morgan fingerprint density at radius 3 is 2.94 bits per heavy atom. The Balaban J connectivity index is 2.46. The second-order valence-corrected chi connectivity index (χ2v) is 4.51. The summed E-state index contributed by atoms with van der Waals surface area (Å²) >= 11 is -2.32. The lowest BCUT2D eigenvalue weighted by molar-refractivity contribution is 0.0944. The van der Waals surface area contributed by atoms with Gasteiger partial charge in [0.1, 0.15) is 0 Å². The molecule has 0 saturated heterocycles. The molecule has 0 fully saturated rings. The van der Waals surface area contributed by atoms with Crippen LogP contribution in [0.5, 0.6) is 0 Å². The molecule has 1 unspecified atom stereocenters. The minimum absolute atomic E-state index is 0.108. The fourth-order valence-corrected chi connectivity index (χ4v) is 1.78. The van der Waals surface area contributed by atoms with Crippen molar-refractivity contribution in [3.63, 3.8) is 0 Å². The molecular formula is C12H16NO4S-. The van der Waals surface area contributed by atoms with Gasteiger partial charge in [0.05, 0.1) is 0 Å². The van der Waals surface area contributed by atoms with Crippen LogP contribution >= 0.6 is 0 Å². The van der Waals surface area contributed by atoms with Crippen LogP contribution in [0.1, 0.15) is 23.7 Å². The molecule has 0 radical (unpaired) electrons. The highest BCUT2D eigenvalue weighted by molar-refractivity contribution is 7.79. The monoisotopic (exact) mass is 270 g/mol. The molecule has 1 aromatic carbocycles. The third kappa shape index (κ3) is 4.95. The molecule has 0 saturated carbocycles. The largest absolute Gasteiger partial charge is 0.768 e. The quantitative estimate of drug-likeness (QED) is 0.594. The summed E-state index contributed by atoms with van der Waals surface area (Å²) in [5.41, 5.74) is 0.341. The highest BCUT2D eigenvalue weighted by Crippen LogP contribution is 2.08. The summed E-state index contributed by atoms with van der Waals surface area (Å²) in [6.07, 6.45) is 0.729. The van der Waals surface area contributed by atoms with Crippen LogP contribution in [-0.4, -0.2) is 34.4 Å². The summed E-state index contributed by atoms with van der Waals surface area (Å²) in [6, 6.07) is 5.91. The molecule has 18 heavy (non-hydrogen) atoms. The molecule has 1 rings (SSSR count). The maximum atomic E-state index is 11.7. The Morgan fingerprint density at radius 1 is 1.50 bits per heavy atom. The third-order valence-corrected chi connectivity index (χ3v) is 2.88. The van der Waals surface area contributed by atoms with E-state index >= 15 is 0 Å². The van der Waals surface area contributed by atoms with Crippen molar-refractivity contribution in [3.8, 4) is 0 Å². The third-order valence-electron chi connectivity index (χ3n) is 2.24. The van der Waals surface area contributed by atoms with Crippen LogP contribution in [0, 0.1) is 0 Å². The molecule has 1 amide bonds. The average molecular weight is 270 g/mol. The van der Waals surface area contributed by atoms with Crippen molar-refractivity contribution in [1.82, 2.24) is 5.32 Å². The van der Waals surface area contributed by atoms with E-state index in [9.17, 15) is 13.6 Å². The van der Waals surface area contributed by atoms with Crippen molar-refractivity contribution in [1.29, 1.82) is 0 Å². The Bertz CT molecular complexity index is 422. The van der Waals surface area contributed by atoms with Crippen molar-refractivity contribution in [3.05, 3.63) is 29.8 Å². The van der Waals surface area contributed by atoms with Crippen molar-refractivity contribution >= 4 is 17.0 Å². The summed E-state index contributed by atoms with van der Waals surface area (Å²) < 4.78 is 26.7. The van der Waals surface area contributed by atoms with Gasteiger partial charge in [-0.25, -0.2) is 0 Å². The average Bonchev–Trinajstić information content (AvgIpc) is 2.38. The Kier molecular flexibility index (Phi) is 6.56. The number of amides is 1. The van der Waals surface area contributed by atoms with E-state index in [2.05, 4.69) is 5.32 Å². The van der Waals surface area contributed by atoms with Gasteiger partial charge >= 0.3 is 0 Å². The molecular weight excluding hydrogens is 254 g/mol. The van der Waals surface area contributed by atoms with Crippen molar-refractivity contribution in [2.75, 3.05) is 19.8 Å². The highest BCUT2D eigenvalue weighted by Gasteiger charge is 2.05. The van der Waals surface area contributed by atoms with E-state index in [4.69, 9.17) is 4.74 Å². The zero-order valence-corrected chi connectivity index (χ0v) is 11.0. The first-order valence-corrected chi connectivity index (χ1v) is 6.78. The summed E-state index contributed by atoms with van der Waals surface area (Å²) in [5.74, 6) is -0.279. The minimum Gasteiger partial charge on any atom is -0.768 e. The zero-order valence-electron chi connectivity index (χ0n) is 10.2. The van der Waals surface area contributed by atoms with Crippen LogP contribution in [-0.2, 0) is 15.8 Å². The van der Waals surface area contributed by atoms with E-state index in [-0.39, 0.29) is 10.8 Å². The second kappa shape index (κ2) is 7.97. The molecule has 0 aliphatic carbocycles. The Morgan fingerprint density at radius 2 is 2.28 bits per heavy atom. The van der Waals surface area contributed by atoms with Crippen LogP contribution in [0.15, 0.2) is 29.2 Å². The molecule has 100 valence electrons. The second-order valence-electron chi connectivity index (χ2n) is 3.57. The van der Waals surface area contributed by atoms with Crippen molar-refractivity contribution in [2.45, 2.75) is 18.2 Å². The van der Waals surface area contributed by atoms with Gasteiger partial charge in [0, 0.05) is 30.2 Å². The molecule has 0 aliphatic heterocycles. The van der Waals surface area contributed by atoms with Crippen LogP contribution in [0.2, 0.25) is 0 Å². The Hall–Kier alpha value is -1.24. The fraction of sp³-hybridized carbons (Fsp3) is 0.417. The molecule has 0 aliphatic rings. The number of nitrogens with one attached hydrogen (secondary N) is 1. The molecule has 1 N–H and O–H groups in total. The van der Waals surface area contributed by atoms with E-state index in [0.717, 1.165) is 6.42 Å². The Labute approximate surface area is 109 Å². The molecule has 0 aromatic heterocycles. The van der Waals surface area contributed by atoms with Crippen LogP contribution in [0.3, 0.4) is 0 Å². The van der Waals surface area contributed by atoms with Gasteiger partial charge in [-0.15, -0.1) is 0 Å². The highest BCUT2D eigenvalue weighted by atomic mass is 32.2. The lowest BCUT2D eigenvalue weighted by atomic mass is 10.2. The van der Waals surface area contributed by atoms with Crippen LogP contribution in [0.25, 0.3) is 0 Å². The number of ether oxygens (including phenoxy) is 1. The standard InChI is InChI=1S/C12H17NO4S/c1-2-17-8-4-7-13-12(14)10-5-3-6-11(9-10)18(15)16/h3,5-6,9H,2,4,7-8H2,1H3,(H,13,14)(H,15,16)/p-1. The first kappa shape index (κ1) is 14.8. The van der Waals surface area contributed by atoms with Crippen molar-refractivity contribution < 1.29 is 18.3 Å². The van der Waals surface area contributed by atoms with Gasteiger partial charge in [-0.2, -0.15) is 0 Å². The number of benzene rings is 1. The van der Waals surface area contributed by atoms with Crippen molar-refractivity contribution in [2.24, 2.45) is 0 Å². The van der Waals surface area contributed by atoms with Gasteiger partial charge in [-0.3, -0.25) is 9.00 Å². The van der Waals surface area contributed by atoms with E-state index < -0.39 is 11.1 Å². The number of rotatable bonds is 7. The topological polar surface area (TPSA) is 78.5 Å². The van der Waals surface area contributed by atoms with Gasteiger partial charge < -0.3 is 14.6 Å². The van der Waals surface area contributed by atoms with Crippen LogP contribution in [0.4, 0.5) is 0 Å². The molecule has 0 heterocycles. The maximum absolute atomic E-state index is 11.7. The summed E-state index contributed by atoms with van der Waals surface area (Å²) in [4.78, 5) is 11.8. The molecule has 5 nitrogen and oxygen atoms in total. The fourth-order valence-electron chi connectivity index (χ4n) is 1.36. The predicted molar refractivity (Wildman–Crippen MR) is 67.1 cm³/mol. The van der Waals surface area contributed by atoms with Gasteiger partial charge in [-0.1, -0.05) is 6.07 Å². The first-order valence-electron chi connectivity index (χ1n) is 5.70. The lowest BCUT2D eigenvalue weighted by Gasteiger charge is -2.08. The predicted octanol–water partition coefficient (Wildman–Crippen LogP) is 1.08. The SMILES string of the molecule is CCOCCCNC(=O)c1cccc(S(=O)[O-])c1. The smallest absolute Gasteiger partial charge is 0.251 e. The van der Waals surface area contributed by atoms with Gasteiger partial charge in [0.25, 0.3) is 5.91 Å². The van der Waals surface area contributed by atoms with Gasteiger partial charge in [0.15, 0.2) is 0 Å². The zero-order chi connectivity index (χ0) is 13.4. The van der Waals surface area contributed by atoms with E-state index in [0.29, 0.717) is 25.3 Å². The molecule has 6 heteroatoms. The molecule has 0 bridgehead atoms. The minimum atomic E-state index is -2.32. The van der Waals surface area contributed by atoms with E-state index in [1.165, 1.54) is 12.1 Å². The summed E-state index contributed by atoms with van der Waals surface area (Å²) in [5, 5.41) is 2.70. The van der Waals surface area contributed by atoms with Crippen LogP contribution < -0.4 is 5.32 Å². The van der Waals surface area contributed by atoms with Gasteiger partial charge in [-0.05, 0) is 42.6 Å². The number of hydrogen-bond donors (Lipinski definition) is 1. The summed E-state index contributed by atoms with van der Waals surface area (Å²) in [7, 11) is 0. The number of hydrogen-bond acceptors (Lipinski definition) is 4. The lowest BCUT2D eigenvalue weighted by Crippen LogP contribution is -2.25. The molecule has 0 spiro atoms. The number of carbonyl (C=O) groups is 1. The van der Waals surface area contributed by atoms with Gasteiger partial charge in [0.2, 0.25) is 0 Å². The molecule has 1 atom stereocenters. The van der Waals surface area contributed by atoms with E-state index in [1.807, 2.05) is 6.92 Å². The summed E-state index contributed by atoms with van der Waals surface area (Å²) in [6.45, 7) is 3.67. The van der Waals surface area contributed by atoms with E-state index in [1.54, 1.807) is 12.1 Å². The number of carbonyl (C=O) groups excluding carboxylic acids is 1. The normalized spacial score (nSPS) is 12.1. The molecule has 1 aromatic rings. The first-order chi connectivity index (χ1) is 8.65.